The van der Waals surface area contributed by atoms with Crippen LogP contribution in [0.2, 0.25) is 5.02 Å². The summed E-state index contributed by atoms with van der Waals surface area (Å²) in [5, 5.41) is -0.722. The summed E-state index contributed by atoms with van der Waals surface area (Å²) >= 11 is 5.18. The highest BCUT2D eigenvalue weighted by molar-refractivity contribution is 7.86. The third kappa shape index (κ3) is 1.73. The van der Waals surface area contributed by atoms with Gasteiger partial charge in [0.25, 0.3) is 0 Å². The van der Waals surface area contributed by atoms with E-state index in [1.807, 2.05) is 0 Å². The first kappa shape index (κ1) is 9.41. The van der Waals surface area contributed by atoms with Crippen molar-refractivity contribution in [3.8, 4) is 0 Å². The Hall–Kier alpha value is -0.680. The lowest BCUT2D eigenvalue weighted by Crippen LogP contribution is -1.94. The summed E-state index contributed by atoms with van der Waals surface area (Å²) in [5.74, 6) is -0.963. The molecule has 66 valence electrons. The summed E-state index contributed by atoms with van der Waals surface area (Å²) < 4.78 is 45.4. The second-order valence-electron chi connectivity index (χ2n) is 1.99. The molecule has 0 atom stereocenters. The van der Waals surface area contributed by atoms with E-state index >= 15 is 0 Å². The van der Waals surface area contributed by atoms with Crippen LogP contribution in [0.15, 0.2) is 23.1 Å². The summed E-state index contributed by atoms with van der Waals surface area (Å²) in [4.78, 5) is -0.843. The molecule has 0 radical (unpaired) electrons. The van der Waals surface area contributed by atoms with Gasteiger partial charge in [0.2, 0.25) is 0 Å². The molecular formula is C6H3ClF2O2S. The third-order valence-corrected chi connectivity index (χ3v) is 2.54. The largest absolute Gasteiger partial charge is 0.333 e. The first-order chi connectivity index (χ1) is 5.43. The Morgan fingerprint density at radius 1 is 1.33 bits per heavy atom. The molecule has 0 bridgehead atoms. The molecule has 0 heterocycles. The van der Waals surface area contributed by atoms with E-state index < -0.39 is 26.0 Å². The van der Waals surface area contributed by atoms with E-state index in [1.165, 1.54) is 0 Å². The number of benzene rings is 1. The van der Waals surface area contributed by atoms with Crippen LogP contribution in [0.3, 0.4) is 0 Å². The topological polar surface area (TPSA) is 34.1 Å². The van der Waals surface area contributed by atoms with Crippen molar-refractivity contribution < 1.29 is 16.7 Å². The molecule has 12 heavy (non-hydrogen) atoms. The Bertz CT molecular complexity index is 402. The monoisotopic (exact) mass is 212 g/mol. The molecule has 0 spiro atoms. The van der Waals surface area contributed by atoms with Crippen molar-refractivity contribution in [3.63, 3.8) is 0 Å². The average molecular weight is 213 g/mol. The highest BCUT2D eigenvalue weighted by atomic mass is 35.5. The number of hydrogen-bond donors (Lipinski definition) is 0. The molecule has 6 heteroatoms. The van der Waals surface area contributed by atoms with E-state index in [9.17, 15) is 16.7 Å². The van der Waals surface area contributed by atoms with E-state index in [2.05, 4.69) is 0 Å². The van der Waals surface area contributed by atoms with Gasteiger partial charge in [-0.2, -0.15) is 8.42 Å². The summed E-state index contributed by atoms with van der Waals surface area (Å²) in [6.07, 6.45) is 0. The first-order valence-corrected chi connectivity index (χ1v) is 4.58. The fraction of sp³-hybridized carbons (Fsp3) is 0. The van der Waals surface area contributed by atoms with Gasteiger partial charge in [-0.15, -0.1) is 3.89 Å². The van der Waals surface area contributed by atoms with Crippen molar-refractivity contribution in [1.82, 2.24) is 0 Å². The van der Waals surface area contributed by atoms with Crippen LogP contribution >= 0.6 is 11.6 Å². The molecule has 0 saturated carbocycles. The molecule has 2 nitrogen and oxygen atoms in total. The van der Waals surface area contributed by atoms with Gasteiger partial charge in [0.05, 0.1) is 5.02 Å². The SMILES string of the molecule is O=S(=O)(F)c1cccc(F)c1Cl. The minimum absolute atomic E-state index is 0.722. The Kier molecular flexibility index (Phi) is 2.34. The molecule has 0 saturated heterocycles. The second-order valence-corrected chi connectivity index (χ2v) is 3.68. The van der Waals surface area contributed by atoms with Crippen molar-refractivity contribution in [2.45, 2.75) is 4.90 Å². The Morgan fingerprint density at radius 3 is 2.33 bits per heavy atom. The average Bonchev–Trinajstić information content (AvgIpc) is 1.92. The van der Waals surface area contributed by atoms with E-state index in [-0.39, 0.29) is 0 Å². The van der Waals surface area contributed by atoms with Gasteiger partial charge in [-0.1, -0.05) is 17.7 Å². The smallest absolute Gasteiger partial charge is 0.205 e. The second kappa shape index (κ2) is 2.99. The minimum Gasteiger partial charge on any atom is -0.205 e. The fourth-order valence-corrected chi connectivity index (χ4v) is 1.63. The fourth-order valence-electron chi connectivity index (χ4n) is 0.672. The van der Waals surface area contributed by atoms with Crippen LogP contribution < -0.4 is 0 Å². The van der Waals surface area contributed by atoms with Crippen LogP contribution in [-0.2, 0) is 10.2 Å². The Balaban J connectivity index is 3.47. The van der Waals surface area contributed by atoms with Crippen molar-refractivity contribution in [3.05, 3.63) is 29.0 Å². The van der Waals surface area contributed by atoms with Crippen LogP contribution in [0.25, 0.3) is 0 Å². The standard InChI is InChI=1S/C6H3ClF2O2S/c7-6-4(8)2-1-3-5(6)12(9,10)11/h1-3H. The molecule has 1 rings (SSSR count). The molecule has 0 aromatic heterocycles. The van der Waals surface area contributed by atoms with Crippen LogP contribution in [0, 0.1) is 5.82 Å². The zero-order valence-corrected chi connectivity index (χ0v) is 7.16. The van der Waals surface area contributed by atoms with Crippen molar-refractivity contribution in [1.29, 1.82) is 0 Å². The van der Waals surface area contributed by atoms with Crippen LogP contribution in [0.1, 0.15) is 0 Å². The lowest BCUT2D eigenvalue weighted by Gasteiger charge is -1.97. The predicted molar refractivity (Wildman–Crippen MR) is 39.7 cm³/mol. The predicted octanol–water partition coefficient (Wildman–Crippen LogP) is 2.14. The van der Waals surface area contributed by atoms with Gasteiger partial charge in [0.15, 0.2) is 0 Å². The van der Waals surface area contributed by atoms with Gasteiger partial charge in [-0.25, -0.2) is 4.39 Å². The van der Waals surface area contributed by atoms with Crippen LogP contribution in [0.4, 0.5) is 8.28 Å². The van der Waals surface area contributed by atoms with Crippen molar-refractivity contribution >= 4 is 21.8 Å². The maximum Gasteiger partial charge on any atom is 0.333 e. The molecule has 1 aromatic rings. The Morgan fingerprint density at radius 2 is 1.92 bits per heavy atom. The quantitative estimate of drug-likeness (QED) is 0.669. The number of halogens is 3. The lowest BCUT2D eigenvalue weighted by molar-refractivity contribution is 0.549. The third-order valence-electron chi connectivity index (χ3n) is 1.18. The lowest BCUT2D eigenvalue weighted by atomic mass is 10.3. The molecule has 0 unspecified atom stereocenters. The maximum absolute atomic E-state index is 12.5. The summed E-state index contributed by atoms with van der Waals surface area (Å²) in [6, 6.07) is 2.89. The van der Waals surface area contributed by atoms with Gasteiger partial charge < -0.3 is 0 Å². The van der Waals surface area contributed by atoms with Crippen LogP contribution in [-0.4, -0.2) is 8.42 Å². The Labute approximate surface area is 73.0 Å². The van der Waals surface area contributed by atoms with Gasteiger partial charge >= 0.3 is 10.2 Å². The van der Waals surface area contributed by atoms with Gasteiger partial charge in [-0.3, -0.25) is 0 Å². The molecule has 0 aliphatic rings. The van der Waals surface area contributed by atoms with Gasteiger partial charge in [-0.05, 0) is 12.1 Å². The number of rotatable bonds is 1. The van der Waals surface area contributed by atoms with Crippen molar-refractivity contribution in [2.24, 2.45) is 0 Å². The summed E-state index contributed by atoms with van der Waals surface area (Å²) in [6.45, 7) is 0. The molecule has 0 amide bonds. The molecule has 1 aromatic carbocycles. The molecule has 0 aliphatic carbocycles. The number of hydrogen-bond acceptors (Lipinski definition) is 2. The molecule has 0 N–H and O–H groups in total. The first-order valence-electron chi connectivity index (χ1n) is 2.81. The summed E-state index contributed by atoms with van der Waals surface area (Å²) in [5.41, 5.74) is 0. The minimum atomic E-state index is -4.93. The zero-order chi connectivity index (χ0) is 9.35. The molecular weight excluding hydrogens is 210 g/mol. The van der Waals surface area contributed by atoms with E-state index in [1.54, 1.807) is 0 Å². The van der Waals surface area contributed by atoms with Gasteiger partial charge in [0.1, 0.15) is 10.7 Å². The van der Waals surface area contributed by atoms with E-state index in [0.717, 1.165) is 18.2 Å². The molecule has 0 aliphatic heterocycles. The highest BCUT2D eigenvalue weighted by Crippen LogP contribution is 2.25. The van der Waals surface area contributed by atoms with Gasteiger partial charge in [0, 0.05) is 0 Å². The van der Waals surface area contributed by atoms with Crippen molar-refractivity contribution in [2.75, 3.05) is 0 Å². The normalized spacial score (nSPS) is 11.6. The zero-order valence-electron chi connectivity index (χ0n) is 5.59. The van der Waals surface area contributed by atoms with Crippen LogP contribution in [0.5, 0.6) is 0 Å². The summed E-state index contributed by atoms with van der Waals surface area (Å²) in [7, 11) is -4.93. The van der Waals surface area contributed by atoms with E-state index in [0.29, 0.717) is 0 Å². The maximum atomic E-state index is 12.5. The van der Waals surface area contributed by atoms with E-state index in [4.69, 9.17) is 11.6 Å². The molecule has 0 fully saturated rings. The highest BCUT2D eigenvalue weighted by Gasteiger charge is 2.18.